The van der Waals surface area contributed by atoms with Crippen LogP contribution in [0.5, 0.6) is 5.75 Å². The monoisotopic (exact) mass is 405 g/mol. The largest absolute Gasteiger partial charge is 0.492 e. The number of nitrogens with one attached hydrogen (secondary N) is 2. The molecule has 150 valence electrons. The van der Waals surface area contributed by atoms with Gasteiger partial charge < -0.3 is 9.15 Å². The molecule has 2 heterocycles. The molecule has 1 aliphatic rings. The highest BCUT2D eigenvalue weighted by Crippen LogP contribution is 2.29. The van der Waals surface area contributed by atoms with Crippen molar-refractivity contribution in [2.24, 2.45) is 5.92 Å². The lowest BCUT2D eigenvalue weighted by molar-refractivity contribution is -0.127. The van der Waals surface area contributed by atoms with E-state index in [0.717, 1.165) is 24.4 Å². The molecule has 0 spiro atoms. The SMILES string of the molecule is CCN(CC)Cc1ccc(C(=O)NNC(=O)C2COc3ccc(Cl)cc3C2)o1. The van der Waals surface area contributed by atoms with Crippen LogP contribution in [0.4, 0.5) is 0 Å². The van der Waals surface area contributed by atoms with Crippen LogP contribution in [-0.2, 0) is 17.8 Å². The zero-order valence-electron chi connectivity index (χ0n) is 16.0. The molecular weight excluding hydrogens is 382 g/mol. The second-order valence-electron chi connectivity index (χ2n) is 6.63. The van der Waals surface area contributed by atoms with Crippen molar-refractivity contribution in [1.29, 1.82) is 0 Å². The Morgan fingerprint density at radius 3 is 2.71 bits per heavy atom. The molecule has 0 saturated heterocycles. The van der Waals surface area contributed by atoms with Gasteiger partial charge in [0.2, 0.25) is 5.91 Å². The summed E-state index contributed by atoms with van der Waals surface area (Å²) in [5.74, 6) is 0.344. The number of carbonyl (C=O) groups excluding carboxylic acids is 2. The molecule has 1 aromatic heterocycles. The summed E-state index contributed by atoms with van der Waals surface area (Å²) in [6, 6.07) is 8.70. The molecule has 8 heteroatoms. The van der Waals surface area contributed by atoms with E-state index in [0.29, 0.717) is 23.7 Å². The molecule has 0 fully saturated rings. The minimum atomic E-state index is -0.501. The number of hydrogen-bond acceptors (Lipinski definition) is 5. The van der Waals surface area contributed by atoms with Crippen molar-refractivity contribution in [3.63, 3.8) is 0 Å². The minimum Gasteiger partial charge on any atom is -0.492 e. The van der Waals surface area contributed by atoms with Crippen molar-refractivity contribution in [1.82, 2.24) is 15.8 Å². The Morgan fingerprint density at radius 2 is 1.96 bits per heavy atom. The highest BCUT2D eigenvalue weighted by Gasteiger charge is 2.26. The molecule has 2 aromatic rings. The van der Waals surface area contributed by atoms with Crippen molar-refractivity contribution < 1.29 is 18.7 Å². The third-order valence-electron chi connectivity index (χ3n) is 4.76. The Labute approximate surface area is 168 Å². The van der Waals surface area contributed by atoms with Gasteiger partial charge in [-0.05, 0) is 55.4 Å². The zero-order chi connectivity index (χ0) is 20.1. The summed E-state index contributed by atoms with van der Waals surface area (Å²) in [6.07, 6.45) is 0.492. The molecule has 28 heavy (non-hydrogen) atoms. The fraction of sp³-hybridized carbons (Fsp3) is 0.400. The van der Waals surface area contributed by atoms with Crippen molar-refractivity contribution >= 4 is 23.4 Å². The molecule has 2 amide bonds. The smallest absolute Gasteiger partial charge is 0.305 e. The van der Waals surface area contributed by atoms with Gasteiger partial charge in [-0.25, -0.2) is 0 Å². The summed E-state index contributed by atoms with van der Waals surface area (Å²) in [4.78, 5) is 26.8. The quantitative estimate of drug-likeness (QED) is 0.722. The highest BCUT2D eigenvalue weighted by atomic mass is 35.5. The second kappa shape index (κ2) is 9.12. The van der Waals surface area contributed by atoms with Gasteiger partial charge in [0.25, 0.3) is 0 Å². The number of hydrogen-bond donors (Lipinski definition) is 2. The highest BCUT2D eigenvalue weighted by molar-refractivity contribution is 6.30. The van der Waals surface area contributed by atoms with Crippen LogP contribution < -0.4 is 15.6 Å². The maximum absolute atomic E-state index is 12.4. The summed E-state index contributed by atoms with van der Waals surface area (Å²) < 4.78 is 11.2. The molecule has 0 radical (unpaired) electrons. The maximum Gasteiger partial charge on any atom is 0.305 e. The van der Waals surface area contributed by atoms with Gasteiger partial charge in [0.1, 0.15) is 18.1 Å². The van der Waals surface area contributed by atoms with Crippen LogP contribution in [0.1, 0.15) is 35.7 Å². The van der Waals surface area contributed by atoms with Gasteiger partial charge in [0.05, 0.1) is 12.5 Å². The van der Waals surface area contributed by atoms with E-state index in [1.165, 1.54) is 0 Å². The standard InChI is InChI=1S/C20H24ClN3O4/c1-3-24(4-2)11-16-6-8-18(28-16)20(26)23-22-19(25)14-9-13-10-15(21)5-7-17(13)27-12-14/h5-8,10,14H,3-4,9,11-12H2,1-2H3,(H,22,25)(H,23,26). The molecule has 1 atom stereocenters. The van der Waals surface area contributed by atoms with Crippen LogP contribution >= 0.6 is 11.6 Å². The first-order valence-electron chi connectivity index (χ1n) is 9.32. The summed E-state index contributed by atoms with van der Waals surface area (Å²) >= 11 is 6.00. The fourth-order valence-corrected chi connectivity index (χ4v) is 3.26. The lowest BCUT2D eigenvalue weighted by Crippen LogP contribution is -2.46. The summed E-state index contributed by atoms with van der Waals surface area (Å²) in [5.41, 5.74) is 5.72. The van der Waals surface area contributed by atoms with Crippen LogP contribution in [0.15, 0.2) is 34.7 Å². The number of ether oxygens (including phenoxy) is 1. The summed E-state index contributed by atoms with van der Waals surface area (Å²) in [7, 11) is 0. The third-order valence-corrected chi connectivity index (χ3v) is 4.99. The molecule has 2 N–H and O–H groups in total. The van der Waals surface area contributed by atoms with Gasteiger partial charge in [-0.2, -0.15) is 0 Å². The van der Waals surface area contributed by atoms with Crippen molar-refractivity contribution in [3.8, 4) is 5.75 Å². The number of rotatable bonds is 6. The summed E-state index contributed by atoms with van der Waals surface area (Å²) in [6.45, 7) is 6.80. The van der Waals surface area contributed by atoms with Crippen LogP contribution in [-0.4, -0.2) is 36.4 Å². The van der Waals surface area contributed by atoms with E-state index in [4.69, 9.17) is 20.8 Å². The number of nitrogens with zero attached hydrogens (tertiary/aromatic N) is 1. The van der Waals surface area contributed by atoms with Gasteiger partial charge in [-0.3, -0.25) is 25.3 Å². The topological polar surface area (TPSA) is 83.8 Å². The van der Waals surface area contributed by atoms with Crippen molar-refractivity contribution in [2.75, 3.05) is 19.7 Å². The first kappa shape index (κ1) is 20.2. The van der Waals surface area contributed by atoms with Gasteiger partial charge in [0.15, 0.2) is 5.76 Å². The number of amides is 2. The lowest BCUT2D eigenvalue weighted by Gasteiger charge is -2.24. The van der Waals surface area contributed by atoms with Gasteiger partial charge >= 0.3 is 5.91 Å². The molecule has 1 aliphatic heterocycles. The van der Waals surface area contributed by atoms with Gasteiger partial charge in [0, 0.05) is 5.02 Å². The number of furan rings is 1. The molecule has 1 aromatic carbocycles. The Hall–Kier alpha value is -2.51. The van der Waals surface area contributed by atoms with Crippen LogP contribution in [0, 0.1) is 5.92 Å². The molecule has 0 aliphatic carbocycles. The average Bonchev–Trinajstić information content (AvgIpc) is 3.18. The first-order valence-corrected chi connectivity index (χ1v) is 9.70. The second-order valence-corrected chi connectivity index (χ2v) is 7.07. The van der Waals surface area contributed by atoms with Gasteiger partial charge in [-0.1, -0.05) is 25.4 Å². The van der Waals surface area contributed by atoms with Crippen molar-refractivity contribution in [2.45, 2.75) is 26.8 Å². The first-order chi connectivity index (χ1) is 13.5. The van der Waals surface area contributed by atoms with E-state index in [1.54, 1.807) is 30.3 Å². The normalized spacial score (nSPS) is 15.6. The van der Waals surface area contributed by atoms with E-state index < -0.39 is 11.8 Å². The Balaban J connectivity index is 1.52. The molecule has 0 bridgehead atoms. The van der Waals surface area contributed by atoms with E-state index in [-0.39, 0.29) is 18.3 Å². The number of benzene rings is 1. The maximum atomic E-state index is 12.4. The number of hydrazine groups is 1. The number of carbonyl (C=O) groups is 2. The molecule has 1 unspecified atom stereocenters. The summed E-state index contributed by atoms with van der Waals surface area (Å²) in [5, 5.41) is 0.593. The molecule has 3 rings (SSSR count). The van der Waals surface area contributed by atoms with E-state index >= 15 is 0 Å². The van der Waals surface area contributed by atoms with Crippen LogP contribution in [0.2, 0.25) is 5.02 Å². The van der Waals surface area contributed by atoms with E-state index in [9.17, 15) is 9.59 Å². The number of halogens is 1. The minimum absolute atomic E-state index is 0.152. The van der Waals surface area contributed by atoms with Crippen LogP contribution in [0.25, 0.3) is 0 Å². The van der Waals surface area contributed by atoms with Gasteiger partial charge in [-0.15, -0.1) is 0 Å². The predicted octanol–water partition coefficient (Wildman–Crippen LogP) is 2.79. The molecular formula is C20H24ClN3O4. The Bertz CT molecular complexity index is 848. The fourth-order valence-electron chi connectivity index (χ4n) is 3.07. The zero-order valence-corrected chi connectivity index (χ0v) is 16.7. The predicted molar refractivity (Wildman–Crippen MR) is 105 cm³/mol. The molecule has 7 nitrogen and oxygen atoms in total. The Morgan fingerprint density at radius 1 is 1.18 bits per heavy atom. The number of fused-ring (bicyclic) bond motifs is 1. The van der Waals surface area contributed by atoms with E-state index in [1.807, 2.05) is 0 Å². The van der Waals surface area contributed by atoms with Crippen LogP contribution in [0.3, 0.4) is 0 Å². The van der Waals surface area contributed by atoms with E-state index in [2.05, 4.69) is 29.6 Å². The third kappa shape index (κ3) is 4.85. The lowest BCUT2D eigenvalue weighted by atomic mass is 9.96. The van der Waals surface area contributed by atoms with Crippen molar-refractivity contribution in [3.05, 3.63) is 52.4 Å². The Kier molecular flexibility index (Phi) is 6.59. The average molecular weight is 406 g/mol. The molecule has 0 saturated carbocycles.